The highest BCUT2D eigenvalue weighted by molar-refractivity contribution is 5.97. The van der Waals surface area contributed by atoms with Gasteiger partial charge in [-0.3, -0.25) is 9.59 Å². The van der Waals surface area contributed by atoms with Crippen LogP contribution in [0.2, 0.25) is 0 Å². The van der Waals surface area contributed by atoms with Crippen LogP contribution in [0.25, 0.3) is 0 Å². The summed E-state index contributed by atoms with van der Waals surface area (Å²) in [7, 11) is 0. The van der Waals surface area contributed by atoms with E-state index in [1.807, 2.05) is 45.0 Å². The van der Waals surface area contributed by atoms with Gasteiger partial charge in [0.2, 0.25) is 11.8 Å². The zero-order chi connectivity index (χ0) is 18.4. The topological polar surface area (TPSA) is 64.7 Å². The lowest BCUT2D eigenvalue weighted by molar-refractivity contribution is -0.130. The predicted octanol–water partition coefficient (Wildman–Crippen LogP) is 1.93. The second kappa shape index (κ2) is 8.34. The third-order valence-corrected chi connectivity index (χ3v) is 4.43. The SMILES string of the molecule is CCN1CCN(c2ccccc2NC(=O)CNC(=O)C(C)(C)C)CC1. The van der Waals surface area contributed by atoms with Gasteiger partial charge in [-0.1, -0.05) is 39.8 Å². The molecule has 0 aliphatic carbocycles. The maximum atomic E-state index is 12.2. The van der Waals surface area contributed by atoms with Crippen molar-refractivity contribution in [3.05, 3.63) is 24.3 Å². The van der Waals surface area contributed by atoms with E-state index in [-0.39, 0.29) is 18.4 Å². The minimum Gasteiger partial charge on any atom is -0.367 e. The summed E-state index contributed by atoms with van der Waals surface area (Å²) < 4.78 is 0. The zero-order valence-corrected chi connectivity index (χ0v) is 15.8. The summed E-state index contributed by atoms with van der Waals surface area (Å²) in [5.41, 5.74) is 1.33. The molecule has 1 aromatic carbocycles. The fourth-order valence-electron chi connectivity index (χ4n) is 2.78. The molecule has 0 bridgehead atoms. The molecule has 0 spiro atoms. The van der Waals surface area contributed by atoms with Crippen LogP contribution < -0.4 is 15.5 Å². The van der Waals surface area contributed by atoms with Gasteiger partial charge < -0.3 is 20.4 Å². The molecule has 2 amide bonds. The maximum Gasteiger partial charge on any atom is 0.243 e. The fraction of sp³-hybridized carbons (Fsp3) is 0.579. The third kappa shape index (κ3) is 5.46. The van der Waals surface area contributed by atoms with Gasteiger partial charge in [0.1, 0.15) is 0 Å². The van der Waals surface area contributed by atoms with Crippen LogP contribution in [0.15, 0.2) is 24.3 Å². The van der Waals surface area contributed by atoms with Crippen LogP contribution in [0.4, 0.5) is 11.4 Å². The van der Waals surface area contributed by atoms with Crippen molar-refractivity contribution in [3.8, 4) is 0 Å². The number of amides is 2. The number of carbonyl (C=O) groups excluding carboxylic acids is 2. The van der Waals surface area contributed by atoms with Gasteiger partial charge in [0.15, 0.2) is 0 Å². The first-order valence-electron chi connectivity index (χ1n) is 8.95. The standard InChI is InChI=1S/C19H30N4O2/c1-5-22-10-12-23(13-11-22)16-9-7-6-8-15(16)21-17(24)14-20-18(25)19(2,3)4/h6-9H,5,10-14H2,1-4H3,(H,20,25)(H,21,24). The number of rotatable bonds is 5. The highest BCUT2D eigenvalue weighted by Gasteiger charge is 2.22. The van der Waals surface area contributed by atoms with Crippen molar-refractivity contribution < 1.29 is 9.59 Å². The van der Waals surface area contributed by atoms with Crippen molar-refractivity contribution >= 4 is 23.2 Å². The van der Waals surface area contributed by atoms with Crippen LogP contribution in [-0.4, -0.2) is 56.0 Å². The summed E-state index contributed by atoms with van der Waals surface area (Å²) in [5, 5.41) is 5.61. The smallest absolute Gasteiger partial charge is 0.243 e. The van der Waals surface area contributed by atoms with Crippen molar-refractivity contribution in [1.82, 2.24) is 10.2 Å². The second-order valence-corrected chi connectivity index (χ2v) is 7.42. The molecule has 6 heteroatoms. The summed E-state index contributed by atoms with van der Waals surface area (Å²) in [6.45, 7) is 12.6. The molecular formula is C19H30N4O2. The van der Waals surface area contributed by atoms with E-state index in [0.29, 0.717) is 0 Å². The summed E-state index contributed by atoms with van der Waals surface area (Å²) >= 11 is 0. The lowest BCUT2D eigenvalue weighted by atomic mass is 9.96. The van der Waals surface area contributed by atoms with Crippen molar-refractivity contribution in [2.45, 2.75) is 27.7 Å². The Kier molecular flexibility index (Phi) is 6.42. The number of para-hydroxylation sites is 2. The second-order valence-electron chi connectivity index (χ2n) is 7.42. The lowest BCUT2D eigenvalue weighted by Gasteiger charge is -2.36. The Labute approximate surface area is 150 Å². The van der Waals surface area contributed by atoms with Gasteiger partial charge in [0, 0.05) is 31.6 Å². The highest BCUT2D eigenvalue weighted by Crippen LogP contribution is 2.26. The van der Waals surface area contributed by atoms with Gasteiger partial charge in [-0.15, -0.1) is 0 Å². The van der Waals surface area contributed by atoms with Crippen molar-refractivity contribution in [3.63, 3.8) is 0 Å². The molecule has 6 nitrogen and oxygen atoms in total. The first-order valence-corrected chi connectivity index (χ1v) is 8.95. The quantitative estimate of drug-likeness (QED) is 0.855. The van der Waals surface area contributed by atoms with Crippen LogP contribution in [0, 0.1) is 5.41 Å². The number of benzene rings is 1. The van der Waals surface area contributed by atoms with Crippen molar-refractivity contribution in [2.24, 2.45) is 5.41 Å². The molecule has 1 heterocycles. The molecule has 0 unspecified atom stereocenters. The molecule has 1 aromatic rings. The number of nitrogens with one attached hydrogen (secondary N) is 2. The average molecular weight is 346 g/mol. The average Bonchev–Trinajstić information content (AvgIpc) is 2.59. The number of likely N-dealkylation sites (N-methyl/N-ethyl adjacent to an activating group) is 1. The number of hydrogen-bond acceptors (Lipinski definition) is 4. The molecule has 2 N–H and O–H groups in total. The van der Waals surface area contributed by atoms with Crippen LogP contribution in [0.3, 0.4) is 0 Å². The monoisotopic (exact) mass is 346 g/mol. The van der Waals surface area contributed by atoms with Gasteiger partial charge in [0.05, 0.1) is 17.9 Å². The molecule has 0 radical (unpaired) electrons. The molecule has 0 aromatic heterocycles. The van der Waals surface area contributed by atoms with Crippen molar-refractivity contribution in [1.29, 1.82) is 0 Å². The van der Waals surface area contributed by atoms with E-state index in [0.717, 1.165) is 44.1 Å². The normalized spacial score (nSPS) is 15.8. The molecule has 1 aliphatic rings. The Balaban J connectivity index is 1.96. The fourth-order valence-corrected chi connectivity index (χ4v) is 2.78. The molecule has 1 aliphatic heterocycles. The van der Waals surface area contributed by atoms with Gasteiger partial charge in [-0.25, -0.2) is 0 Å². The van der Waals surface area contributed by atoms with Crippen LogP contribution >= 0.6 is 0 Å². The van der Waals surface area contributed by atoms with E-state index in [1.54, 1.807) is 0 Å². The Morgan fingerprint density at radius 2 is 1.72 bits per heavy atom. The summed E-state index contributed by atoms with van der Waals surface area (Å²) in [5.74, 6) is -0.344. The van der Waals surface area contributed by atoms with E-state index in [4.69, 9.17) is 0 Å². The van der Waals surface area contributed by atoms with Gasteiger partial charge in [0.25, 0.3) is 0 Å². The molecule has 0 atom stereocenters. The van der Waals surface area contributed by atoms with Gasteiger partial charge in [-0.05, 0) is 18.7 Å². The number of nitrogens with zero attached hydrogens (tertiary/aromatic N) is 2. The van der Waals surface area contributed by atoms with Crippen molar-refractivity contribution in [2.75, 3.05) is 49.5 Å². The molecule has 1 fully saturated rings. The maximum absolute atomic E-state index is 12.2. The number of hydrogen-bond donors (Lipinski definition) is 2. The molecule has 1 saturated heterocycles. The third-order valence-electron chi connectivity index (χ3n) is 4.43. The van der Waals surface area contributed by atoms with E-state index in [1.165, 1.54) is 0 Å². The van der Waals surface area contributed by atoms with Gasteiger partial charge >= 0.3 is 0 Å². The first-order chi connectivity index (χ1) is 11.8. The summed E-state index contributed by atoms with van der Waals surface area (Å²) in [4.78, 5) is 28.8. The Morgan fingerprint density at radius 3 is 2.32 bits per heavy atom. The van der Waals surface area contributed by atoms with E-state index < -0.39 is 5.41 Å². The highest BCUT2D eigenvalue weighted by atomic mass is 16.2. The molecule has 25 heavy (non-hydrogen) atoms. The largest absolute Gasteiger partial charge is 0.367 e. The van der Waals surface area contributed by atoms with Crippen LogP contribution in [-0.2, 0) is 9.59 Å². The predicted molar refractivity (Wildman–Crippen MR) is 102 cm³/mol. The Morgan fingerprint density at radius 1 is 1.08 bits per heavy atom. The number of piperazine rings is 1. The number of anilines is 2. The minimum atomic E-state index is -0.503. The summed E-state index contributed by atoms with van der Waals surface area (Å²) in [6.07, 6.45) is 0. The van der Waals surface area contributed by atoms with Gasteiger partial charge in [-0.2, -0.15) is 0 Å². The summed E-state index contributed by atoms with van der Waals surface area (Å²) in [6, 6.07) is 7.84. The van der Waals surface area contributed by atoms with Crippen LogP contribution in [0.1, 0.15) is 27.7 Å². The van der Waals surface area contributed by atoms with E-state index in [2.05, 4.69) is 27.4 Å². The zero-order valence-electron chi connectivity index (χ0n) is 15.8. The minimum absolute atomic E-state index is 0.0198. The molecule has 138 valence electrons. The number of carbonyl (C=O) groups is 2. The molecule has 2 rings (SSSR count). The Hall–Kier alpha value is -2.08. The molecular weight excluding hydrogens is 316 g/mol. The lowest BCUT2D eigenvalue weighted by Crippen LogP contribution is -2.46. The van der Waals surface area contributed by atoms with E-state index in [9.17, 15) is 9.59 Å². The van der Waals surface area contributed by atoms with E-state index >= 15 is 0 Å². The van der Waals surface area contributed by atoms with Crippen LogP contribution in [0.5, 0.6) is 0 Å². The molecule has 0 saturated carbocycles. The Bertz CT molecular complexity index is 602. The first kappa shape index (κ1) is 19.2.